The van der Waals surface area contributed by atoms with E-state index in [0.29, 0.717) is 0 Å². The van der Waals surface area contributed by atoms with Crippen LogP contribution in [0.1, 0.15) is 0 Å². The molecule has 0 saturated carbocycles. The molecular weight excluding hydrogens is 228 g/mol. The first-order chi connectivity index (χ1) is 7.17. The Balaban J connectivity index is 2.15. The Kier molecular flexibility index (Phi) is 3.03. The predicted octanol–water partition coefficient (Wildman–Crippen LogP) is -1.11. The molecular formula is C7H10O7S. The minimum absolute atomic E-state index is 0.605. The van der Waals surface area contributed by atoms with Crippen LogP contribution in [0.4, 0.5) is 0 Å². The van der Waals surface area contributed by atoms with Crippen LogP contribution in [0, 0.1) is 0 Å². The number of carbonyl (C=O) groups is 1. The maximum atomic E-state index is 11.3. The van der Waals surface area contributed by atoms with Gasteiger partial charge in [-0.25, -0.2) is 4.79 Å². The van der Waals surface area contributed by atoms with Gasteiger partial charge in [-0.15, -0.1) is 0 Å². The van der Waals surface area contributed by atoms with Gasteiger partial charge in [0.25, 0.3) is 0 Å². The van der Waals surface area contributed by atoms with Crippen LogP contribution in [0.15, 0.2) is 0 Å². The minimum atomic E-state index is -1.86. The van der Waals surface area contributed by atoms with Crippen molar-refractivity contribution >= 4 is 17.3 Å². The first-order valence-electron chi connectivity index (χ1n) is 4.19. The number of hydrogen-bond donors (Lipinski definition) is 0. The fourth-order valence-corrected chi connectivity index (χ4v) is 2.35. The highest BCUT2D eigenvalue weighted by Crippen LogP contribution is 2.33. The van der Waals surface area contributed by atoms with E-state index in [9.17, 15) is 9.00 Å². The van der Waals surface area contributed by atoms with Gasteiger partial charge in [-0.3, -0.25) is 8.37 Å². The molecule has 8 heteroatoms. The van der Waals surface area contributed by atoms with Gasteiger partial charge in [0.05, 0.1) is 7.11 Å². The van der Waals surface area contributed by atoms with Gasteiger partial charge in [-0.1, -0.05) is 0 Å². The van der Waals surface area contributed by atoms with Crippen molar-refractivity contribution in [3.8, 4) is 0 Å². The van der Waals surface area contributed by atoms with Crippen molar-refractivity contribution < 1.29 is 31.6 Å². The quantitative estimate of drug-likeness (QED) is 0.564. The number of carbonyl (C=O) groups excluding carboxylic acids is 1. The van der Waals surface area contributed by atoms with Crippen LogP contribution in [0.5, 0.6) is 0 Å². The summed E-state index contributed by atoms with van der Waals surface area (Å²) < 4.78 is 35.4. The van der Waals surface area contributed by atoms with E-state index in [1.165, 1.54) is 14.2 Å². The fraction of sp³-hybridized carbons (Fsp3) is 0.857. The Hall–Kier alpha value is -0.540. The molecule has 5 atom stereocenters. The van der Waals surface area contributed by atoms with Crippen LogP contribution >= 0.6 is 0 Å². The first-order valence-corrected chi connectivity index (χ1v) is 5.19. The zero-order valence-electron chi connectivity index (χ0n) is 8.08. The smallest absolute Gasteiger partial charge is 0.338 e. The van der Waals surface area contributed by atoms with E-state index in [0.717, 1.165) is 0 Å². The molecule has 2 heterocycles. The summed E-state index contributed by atoms with van der Waals surface area (Å²) in [5.74, 6) is -0.605. The van der Waals surface area contributed by atoms with Crippen LogP contribution in [-0.2, 0) is 38.7 Å². The molecule has 7 nitrogen and oxygen atoms in total. The van der Waals surface area contributed by atoms with Gasteiger partial charge in [0.15, 0.2) is 18.5 Å². The predicted molar refractivity (Wildman–Crippen MR) is 45.6 cm³/mol. The third kappa shape index (κ3) is 1.79. The number of methoxy groups -OCH3 is 2. The topological polar surface area (TPSA) is 80.3 Å². The van der Waals surface area contributed by atoms with Crippen molar-refractivity contribution in [3.05, 3.63) is 0 Å². The third-order valence-corrected chi connectivity index (χ3v) is 2.98. The Morgan fingerprint density at radius 2 is 1.93 bits per heavy atom. The molecule has 0 N–H and O–H groups in total. The second-order valence-corrected chi connectivity index (χ2v) is 3.80. The summed E-state index contributed by atoms with van der Waals surface area (Å²) in [4.78, 5) is 11.3. The molecule has 0 aromatic carbocycles. The highest BCUT2D eigenvalue weighted by Gasteiger charge is 2.56. The largest absolute Gasteiger partial charge is 0.467 e. The molecule has 0 radical (unpaired) electrons. The molecule has 0 amide bonds. The summed E-state index contributed by atoms with van der Waals surface area (Å²) in [7, 11) is 2.62. The lowest BCUT2D eigenvalue weighted by Gasteiger charge is -2.12. The minimum Gasteiger partial charge on any atom is -0.467 e. The van der Waals surface area contributed by atoms with Crippen LogP contribution < -0.4 is 0 Å². The van der Waals surface area contributed by atoms with Crippen LogP contribution in [0.3, 0.4) is 0 Å². The number of rotatable bonds is 2. The highest BCUT2D eigenvalue weighted by atomic mass is 32.2. The SMILES string of the molecule is COC(=O)[C@H]1O[C@@H](OC)[C@@H]2OS(=O)O[C@@H]21. The fourth-order valence-electron chi connectivity index (χ4n) is 1.53. The van der Waals surface area contributed by atoms with E-state index in [2.05, 4.69) is 4.74 Å². The van der Waals surface area contributed by atoms with Crippen molar-refractivity contribution in [2.24, 2.45) is 0 Å². The summed E-state index contributed by atoms with van der Waals surface area (Å²) in [6.45, 7) is 0. The molecule has 0 spiro atoms. The van der Waals surface area contributed by atoms with Gasteiger partial charge in [-0.2, -0.15) is 4.21 Å². The van der Waals surface area contributed by atoms with Gasteiger partial charge < -0.3 is 14.2 Å². The normalized spacial score (nSPS) is 44.0. The summed E-state index contributed by atoms with van der Waals surface area (Å²) in [6.07, 6.45) is -3.15. The molecule has 2 fully saturated rings. The molecule has 2 aliphatic heterocycles. The number of esters is 1. The molecule has 86 valence electrons. The Morgan fingerprint density at radius 3 is 2.53 bits per heavy atom. The monoisotopic (exact) mass is 238 g/mol. The summed E-state index contributed by atoms with van der Waals surface area (Å²) in [5.41, 5.74) is 0. The molecule has 0 aliphatic carbocycles. The molecule has 15 heavy (non-hydrogen) atoms. The van der Waals surface area contributed by atoms with Crippen LogP contribution in [-0.4, -0.2) is 49.0 Å². The summed E-state index contributed by atoms with van der Waals surface area (Å²) >= 11 is -1.86. The second kappa shape index (κ2) is 4.14. The van der Waals surface area contributed by atoms with Crippen molar-refractivity contribution in [2.75, 3.05) is 14.2 Å². The van der Waals surface area contributed by atoms with Gasteiger partial charge in [0, 0.05) is 7.11 Å². The summed E-state index contributed by atoms with van der Waals surface area (Å²) in [6, 6.07) is 0. The molecule has 2 rings (SSSR count). The second-order valence-electron chi connectivity index (χ2n) is 3.01. The number of hydrogen-bond acceptors (Lipinski definition) is 7. The van der Waals surface area contributed by atoms with Gasteiger partial charge in [0.1, 0.15) is 6.10 Å². The van der Waals surface area contributed by atoms with Gasteiger partial charge >= 0.3 is 17.3 Å². The third-order valence-electron chi connectivity index (χ3n) is 2.22. The van der Waals surface area contributed by atoms with E-state index >= 15 is 0 Å². The molecule has 2 aliphatic rings. The Labute approximate surface area is 88.4 Å². The molecule has 2 saturated heterocycles. The summed E-state index contributed by atoms with van der Waals surface area (Å²) in [5, 5.41) is 0. The lowest BCUT2D eigenvalue weighted by molar-refractivity contribution is -0.174. The van der Waals surface area contributed by atoms with E-state index in [1.54, 1.807) is 0 Å². The van der Waals surface area contributed by atoms with Gasteiger partial charge in [0.2, 0.25) is 0 Å². The van der Waals surface area contributed by atoms with Crippen molar-refractivity contribution in [1.29, 1.82) is 0 Å². The molecule has 0 aromatic rings. The van der Waals surface area contributed by atoms with Crippen molar-refractivity contribution in [2.45, 2.75) is 24.6 Å². The number of fused-ring (bicyclic) bond motifs is 1. The Morgan fingerprint density at radius 1 is 1.27 bits per heavy atom. The van der Waals surface area contributed by atoms with Crippen molar-refractivity contribution in [3.63, 3.8) is 0 Å². The standard InChI is InChI=1S/C7H10O7S/c1-10-6(8)4-3-5(7(11-2)12-4)14-15(9)13-3/h3-5,7H,1-2H3/t3-,4+,5-,7-,15?/m1/s1. The first kappa shape index (κ1) is 11.0. The zero-order chi connectivity index (χ0) is 11.0. The van der Waals surface area contributed by atoms with E-state index in [1.807, 2.05) is 0 Å². The Bertz CT molecular complexity index is 293. The molecule has 1 unspecified atom stereocenters. The van der Waals surface area contributed by atoms with Crippen LogP contribution in [0.25, 0.3) is 0 Å². The van der Waals surface area contributed by atoms with E-state index in [-0.39, 0.29) is 0 Å². The number of ether oxygens (including phenoxy) is 3. The lowest BCUT2D eigenvalue weighted by atomic mass is 10.1. The maximum Gasteiger partial charge on any atom is 0.338 e. The molecule has 0 bridgehead atoms. The maximum absolute atomic E-state index is 11.3. The van der Waals surface area contributed by atoms with Crippen LogP contribution in [0.2, 0.25) is 0 Å². The average molecular weight is 238 g/mol. The van der Waals surface area contributed by atoms with E-state index in [4.69, 9.17) is 17.8 Å². The van der Waals surface area contributed by atoms with E-state index < -0.39 is 41.9 Å². The zero-order valence-corrected chi connectivity index (χ0v) is 8.89. The van der Waals surface area contributed by atoms with Gasteiger partial charge in [-0.05, 0) is 0 Å². The lowest BCUT2D eigenvalue weighted by Crippen LogP contribution is -2.35. The molecule has 0 aromatic heterocycles. The highest BCUT2D eigenvalue weighted by molar-refractivity contribution is 7.75. The van der Waals surface area contributed by atoms with Crippen molar-refractivity contribution in [1.82, 2.24) is 0 Å². The average Bonchev–Trinajstić information content (AvgIpc) is 2.73.